The average Bonchev–Trinajstić information content (AvgIpc) is 3.31. The Morgan fingerprint density at radius 3 is 2.70 bits per heavy atom. The molecule has 0 aliphatic carbocycles. The lowest BCUT2D eigenvalue weighted by Gasteiger charge is -2.16. The van der Waals surface area contributed by atoms with Crippen LogP contribution in [0.25, 0.3) is 0 Å². The van der Waals surface area contributed by atoms with Gasteiger partial charge in [-0.25, -0.2) is 15.2 Å². The molecule has 3 N–H and O–H groups in total. The zero-order chi connectivity index (χ0) is 23.6. The highest BCUT2D eigenvalue weighted by Gasteiger charge is 2.22. The van der Waals surface area contributed by atoms with Crippen LogP contribution in [0, 0.1) is 0 Å². The molecular formula is C23H25BrN6O3. The standard InChI is InChI=1S/C23H25BrN6O3/c1-30(2)21-9-8-17(10-19(21)24)12-27-29-22(31)20(11-18-13-25-15-26-18)28-23(32)33-14-16-6-4-3-5-7-16/h3-10,12-13,15,20H,11,14H2,1-2H3,(H,25,26)(H,28,32)(H,29,31)/b27-12-/t20-/m1/s1. The summed E-state index contributed by atoms with van der Waals surface area (Å²) in [5.74, 6) is -0.485. The number of rotatable bonds is 9. The van der Waals surface area contributed by atoms with Gasteiger partial charge in [0, 0.05) is 36.9 Å². The maximum atomic E-state index is 12.7. The third-order valence-electron chi connectivity index (χ3n) is 4.64. The molecule has 0 radical (unpaired) electrons. The number of benzene rings is 2. The fraction of sp³-hybridized carbons (Fsp3) is 0.217. The van der Waals surface area contributed by atoms with Crippen molar-refractivity contribution in [3.63, 3.8) is 0 Å². The van der Waals surface area contributed by atoms with Crippen LogP contribution < -0.4 is 15.6 Å². The minimum atomic E-state index is -0.909. The first-order chi connectivity index (χ1) is 15.9. The summed E-state index contributed by atoms with van der Waals surface area (Å²) in [6.07, 6.45) is 4.12. The van der Waals surface area contributed by atoms with E-state index in [-0.39, 0.29) is 13.0 Å². The van der Waals surface area contributed by atoms with Crippen LogP contribution in [0.2, 0.25) is 0 Å². The van der Waals surface area contributed by atoms with Crippen molar-refractivity contribution in [3.05, 3.63) is 82.3 Å². The number of amides is 2. The van der Waals surface area contributed by atoms with E-state index < -0.39 is 18.0 Å². The van der Waals surface area contributed by atoms with Crippen molar-refractivity contribution >= 4 is 39.8 Å². The molecule has 0 saturated carbocycles. The van der Waals surface area contributed by atoms with Crippen molar-refractivity contribution < 1.29 is 14.3 Å². The van der Waals surface area contributed by atoms with Crippen LogP contribution in [0.5, 0.6) is 0 Å². The summed E-state index contributed by atoms with van der Waals surface area (Å²) in [4.78, 5) is 33.9. The van der Waals surface area contributed by atoms with Gasteiger partial charge in [-0.2, -0.15) is 5.10 Å². The second-order valence-corrected chi connectivity index (χ2v) is 8.23. The lowest BCUT2D eigenvalue weighted by molar-refractivity contribution is -0.123. The van der Waals surface area contributed by atoms with Gasteiger partial charge in [0.05, 0.1) is 18.2 Å². The maximum Gasteiger partial charge on any atom is 0.408 e. The fourth-order valence-corrected chi connectivity index (χ4v) is 3.70. The number of hydrogen-bond acceptors (Lipinski definition) is 6. The topological polar surface area (TPSA) is 112 Å². The Morgan fingerprint density at radius 2 is 2.03 bits per heavy atom. The van der Waals surface area contributed by atoms with Gasteiger partial charge in [0.1, 0.15) is 12.6 Å². The first kappa shape index (κ1) is 24.0. The number of carbonyl (C=O) groups is 2. The summed E-state index contributed by atoms with van der Waals surface area (Å²) >= 11 is 3.52. The number of carbonyl (C=O) groups excluding carboxylic acids is 2. The molecule has 0 unspecified atom stereocenters. The van der Waals surface area contributed by atoms with E-state index in [9.17, 15) is 9.59 Å². The first-order valence-electron chi connectivity index (χ1n) is 10.2. The molecule has 0 aliphatic heterocycles. The van der Waals surface area contributed by atoms with Crippen LogP contribution >= 0.6 is 15.9 Å². The molecule has 2 aromatic carbocycles. The number of H-pyrrole nitrogens is 1. The summed E-state index contributed by atoms with van der Waals surface area (Å²) in [6, 6.07) is 14.1. The van der Waals surface area contributed by atoms with Crippen molar-refractivity contribution in [3.8, 4) is 0 Å². The van der Waals surface area contributed by atoms with Crippen LogP contribution in [-0.4, -0.2) is 48.3 Å². The maximum absolute atomic E-state index is 12.7. The largest absolute Gasteiger partial charge is 0.445 e. The predicted molar refractivity (Wildman–Crippen MR) is 130 cm³/mol. The fourth-order valence-electron chi connectivity index (χ4n) is 2.95. The second kappa shape index (κ2) is 11.8. The monoisotopic (exact) mass is 512 g/mol. The highest BCUT2D eigenvalue weighted by Crippen LogP contribution is 2.25. The van der Waals surface area contributed by atoms with Crippen molar-refractivity contribution in [1.82, 2.24) is 20.7 Å². The Morgan fingerprint density at radius 1 is 1.24 bits per heavy atom. The van der Waals surface area contributed by atoms with Crippen molar-refractivity contribution in [1.29, 1.82) is 0 Å². The second-order valence-electron chi connectivity index (χ2n) is 7.38. The molecule has 0 aliphatic rings. The molecule has 0 fully saturated rings. The lowest BCUT2D eigenvalue weighted by atomic mass is 10.1. The van der Waals surface area contributed by atoms with E-state index in [4.69, 9.17) is 4.74 Å². The zero-order valence-electron chi connectivity index (χ0n) is 18.3. The van der Waals surface area contributed by atoms with E-state index in [1.54, 1.807) is 6.20 Å². The lowest BCUT2D eigenvalue weighted by Crippen LogP contribution is -2.47. The van der Waals surface area contributed by atoms with E-state index in [0.717, 1.165) is 21.3 Å². The van der Waals surface area contributed by atoms with Gasteiger partial charge >= 0.3 is 6.09 Å². The number of nitrogens with one attached hydrogen (secondary N) is 3. The highest BCUT2D eigenvalue weighted by atomic mass is 79.9. The van der Waals surface area contributed by atoms with Gasteiger partial charge in [-0.05, 0) is 39.2 Å². The number of aromatic amines is 1. The van der Waals surface area contributed by atoms with Gasteiger partial charge in [-0.15, -0.1) is 0 Å². The van der Waals surface area contributed by atoms with Crippen LogP contribution in [0.1, 0.15) is 16.8 Å². The number of hydrazone groups is 1. The predicted octanol–water partition coefficient (Wildman–Crippen LogP) is 3.23. The minimum Gasteiger partial charge on any atom is -0.445 e. The number of aromatic nitrogens is 2. The molecule has 2 amide bonds. The Balaban J connectivity index is 1.60. The Kier molecular flexibility index (Phi) is 8.59. The number of nitrogens with zero attached hydrogens (tertiary/aromatic N) is 3. The SMILES string of the molecule is CN(C)c1ccc(/C=N\NC(=O)[C@@H](Cc2cnc[nH]2)NC(=O)OCc2ccccc2)cc1Br. The molecule has 172 valence electrons. The molecule has 33 heavy (non-hydrogen) atoms. The molecule has 1 aromatic heterocycles. The van der Waals surface area contributed by atoms with E-state index in [1.807, 2.05) is 67.5 Å². The van der Waals surface area contributed by atoms with Gasteiger partial charge in [0.2, 0.25) is 0 Å². The summed E-state index contributed by atoms with van der Waals surface area (Å²) in [5.41, 5.74) is 5.83. The number of imidazole rings is 1. The molecule has 3 aromatic rings. The normalized spacial score (nSPS) is 11.7. The third-order valence-corrected chi connectivity index (χ3v) is 5.28. The summed E-state index contributed by atoms with van der Waals surface area (Å²) < 4.78 is 6.15. The summed E-state index contributed by atoms with van der Waals surface area (Å²) in [7, 11) is 3.90. The van der Waals surface area contributed by atoms with Gasteiger partial charge in [-0.3, -0.25) is 4.79 Å². The molecule has 0 bridgehead atoms. The Bertz CT molecular complexity index is 1090. The van der Waals surface area contributed by atoms with Crippen LogP contribution in [-0.2, 0) is 22.6 Å². The molecule has 10 heteroatoms. The molecular weight excluding hydrogens is 488 g/mol. The van der Waals surface area contributed by atoms with Crippen molar-refractivity contribution in [2.45, 2.75) is 19.1 Å². The van der Waals surface area contributed by atoms with Crippen LogP contribution in [0.15, 0.2) is 70.6 Å². The van der Waals surface area contributed by atoms with Gasteiger partial charge in [-0.1, -0.05) is 36.4 Å². The van der Waals surface area contributed by atoms with Gasteiger partial charge in [0.15, 0.2) is 0 Å². The zero-order valence-corrected chi connectivity index (χ0v) is 19.9. The average molecular weight is 513 g/mol. The Labute approximate surface area is 200 Å². The number of anilines is 1. The molecule has 1 heterocycles. The number of alkyl carbamates (subject to hydrolysis) is 1. The minimum absolute atomic E-state index is 0.0983. The van der Waals surface area contributed by atoms with Crippen LogP contribution in [0.4, 0.5) is 10.5 Å². The van der Waals surface area contributed by atoms with Crippen molar-refractivity contribution in [2.24, 2.45) is 5.10 Å². The molecule has 3 rings (SSSR count). The van der Waals surface area contributed by atoms with E-state index in [2.05, 4.69) is 41.7 Å². The molecule has 0 spiro atoms. The number of hydrogen-bond donors (Lipinski definition) is 3. The van der Waals surface area contributed by atoms with Gasteiger partial charge < -0.3 is 19.9 Å². The molecule has 1 atom stereocenters. The van der Waals surface area contributed by atoms with Crippen molar-refractivity contribution in [2.75, 3.05) is 19.0 Å². The van der Waals surface area contributed by atoms with E-state index >= 15 is 0 Å². The summed E-state index contributed by atoms with van der Waals surface area (Å²) in [5, 5.41) is 6.63. The summed E-state index contributed by atoms with van der Waals surface area (Å²) in [6.45, 7) is 0.0983. The van der Waals surface area contributed by atoms with E-state index in [1.165, 1.54) is 12.5 Å². The molecule has 0 saturated heterocycles. The third kappa shape index (κ3) is 7.46. The van der Waals surface area contributed by atoms with E-state index in [0.29, 0.717) is 5.69 Å². The number of halogens is 1. The first-order valence-corrected chi connectivity index (χ1v) is 11.0. The van der Waals surface area contributed by atoms with Gasteiger partial charge in [0.25, 0.3) is 5.91 Å². The quantitative estimate of drug-likeness (QED) is 0.301. The van der Waals surface area contributed by atoms with Crippen LogP contribution in [0.3, 0.4) is 0 Å². The smallest absolute Gasteiger partial charge is 0.408 e. The molecule has 9 nitrogen and oxygen atoms in total. The highest BCUT2D eigenvalue weighted by molar-refractivity contribution is 9.10. The Hall–Kier alpha value is -3.66. The number of ether oxygens (including phenoxy) is 1.